The van der Waals surface area contributed by atoms with E-state index in [0.717, 1.165) is 61.7 Å². The van der Waals surface area contributed by atoms with Gasteiger partial charge in [-0.2, -0.15) is 0 Å². The van der Waals surface area contributed by atoms with Gasteiger partial charge in [0.15, 0.2) is 5.96 Å². The van der Waals surface area contributed by atoms with Crippen molar-refractivity contribution in [2.24, 2.45) is 4.99 Å². The van der Waals surface area contributed by atoms with E-state index in [1.165, 1.54) is 10.9 Å². The van der Waals surface area contributed by atoms with E-state index in [4.69, 9.17) is 4.74 Å². The highest BCUT2D eigenvalue weighted by Gasteiger charge is 2.23. The molecule has 1 fully saturated rings. The number of aromatic nitrogens is 1. The van der Waals surface area contributed by atoms with Crippen LogP contribution < -0.4 is 10.6 Å². The summed E-state index contributed by atoms with van der Waals surface area (Å²) in [7, 11) is 1.78. The maximum Gasteiger partial charge on any atom is 0.191 e. The van der Waals surface area contributed by atoms with E-state index in [9.17, 15) is 4.39 Å². The molecule has 9 heteroatoms. The summed E-state index contributed by atoms with van der Waals surface area (Å²) < 4.78 is 19.1. The Kier molecular flexibility index (Phi) is 9.12. The summed E-state index contributed by atoms with van der Waals surface area (Å²) in [6.45, 7) is 4.92. The van der Waals surface area contributed by atoms with Crippen LogP contribution in [-0.2, 0) is 11.2 Å². The minimum Gasteiger partial charge on any atom is -0.379 e. The molecule has 3 aromatic rings. The predicted octanol–water partition coefficient (Wildman–Crippen LogP) is 3.77. The molecule has 168 valence electrons. The van der Waals surface area contributed by atoms with Crippen LogP contribution in [0, 0.1) is 5.82 Å². The highest BCUT2D eigenvalue weighted by Crippen LogP contribution is 2.25. The minimum absolute atomic E-state index is 0. The number of rotatable bonds is 7. The van der Waals surface area contributed by atoms with E-state index >= 15 is 0 Å². The lowest BCUT2D eigenvalue weighted by Gasteiger charge is -2.34. The Hall–Kier alpha value is -1.69. The van der Waals surface area contributed by atoms with E-state index in [1.807, 2.05) is 6.20 Å². The Morgan fingerprint density at radius 2 is 2.13 bits per heavy atom. The predicted molar refractivity (Wildman–Crippen MR) is 136 cm³/mol. The molecule has 4 rings (SSSR count). The normalized spacial score (nSPS) is 16.1. The van der Waals surface area contributed by atoms with Gasteiger partial charge in [0.2, 0.25) is 0 Å². The van der Waals surface area contributed by atoms with Crippen LogP contribution in [0.2, 0.25) is 0 Å². The van der Waals surface area contributed by atoms with Gasteiger partial charge in [-0.15, -0.1) is 35.3 Å². The Morgan fingerprint density at radius 1 is 1.29 bits per heavy atom. The molecule has 0 radical (unpaired) electrons. The van der Waals surface area contributed by atoms with Gasteiger partial charge in [-0.1, -0.05) is 6.07 Å². The Labute approximate surface area is 203 Å². The molecular weight excluding hydrogens is 528 g/mol. The molecule has 1 aromatic carbocycles. The monoisotopic (exact) mass is 557 g/mol. The van der Waals surface area contributed by atoms with Gasteiger partial charge in [0.25, 0.3) is 0 Å². The van der Waals surface area contributed by atoms with Crippen LogP contribution in [0.4, 0.5) is 4.39 Å². The number of benzene rings is 1. The standard InChI is InChI=1S/C22H28FN5OS.HI/c1-24-22(25-7-6-16-14-26-19-5-4-17(23)13-18(16)19)27-15-20(21-3-2-12-30-21)28-8-10-29-11-9-28;/h2-5,12-14,20,26H,6-11,15H2,1H3,(H2,24,25,27);1H. The summed E-state index contributed by atoms with van der Waals surface area (Å²) in [6, 6.07) is 9.43. The van der Waals surface area contributed by atoms with Gasteiger partial charge in [-0.25, -0.2) is 4.39 Å². The highest BCUT2D eigenvalue weighted by atomic mass is 127. The summed E-state index contributed by atoms with van der Waals surface area (Å²) in [5.74, 6) is 0.562. The zero-order valence-electron chi connectivity index (χ0n) is 17.6. The van der Waals surface area contributed by atoms with Gasteiger partial charge < -0.3 is 20.4 Å². The van der Waals surface area contributed by atoms with Crippen LogP contribution in [0.3, 0.4) is 0 Å². The van der Waals surface area contributed by atoms with Crippen molar-refractivity contribution in [3.05, 3.63) is 58.2 Å². The molecule has 0 saturated carbocycles. The highest BCUT2D eigenvalue weighted by molar-refractivity contribution is 14.0. The van der Waals surface area contributed by atoms with Crippen LogP contribution in [-0.4, -0.2) is 62.3 Å². The van der Waals surface area contributed by atoms with Gasteiger partial charge in [-0.05, 0) is 41.6 Å². The second kappa shape index (κ2) is 11.8. The van der Waals surface area contributed by atoms with Gasteiger partial charge >= 0.3 is 0 Å². The third kappa shape index (κ3) is 6.18. The molecule has 2 aromatic heterocycles. The molecule has 3 heterocycles. The average Bonchev–Trinajstić information content (AvgIpc) is 3.44. The quantitative estimate of drug-likeness (QED) is 0.235. The number of aliphatic imine (C=N–C) groups is 1. The number of halogens is 2. The second-order valence-corrected chi connectivity index (χ2v) is 8.29. The average molecular weight is 557 g/mol. The number of ether oxygens (including phenoxy) is 1. The summed E-state index contributed by atoms with van der Waals surface area (Å²) >= 11 is 1.79. The lowest BCUT2D eigenvalue weighted by Crippen LogP contribution is -2.46. The van der Waals surface area contributed by atoms with E-state index < -0.39 is 0 Å². The number of H-pyrrole nitrogens is 1. The smallest absolute Gasteiger partial charge is 0.191 e. The van der Waals surface area contributed by atoms with Crippen molar-refractivity contribution in [3.8, 4) is 0 Å². The number of nitrogens with zero attached hydrogens (tertiary/aromatic N) is 2. The zero-order valence-corrected chi connectivity index (χ0v) is 20.7. The van der Waals surface area contributed by atoms with Crippen LogP contribution in [0.15, 0.2) is 46.9 Å². The molecule has 31 heavy (non-hydrogen) atoms. The molecule has 6 nitrogen and oxygen atoms in total. The molecule has 0 aliphatic carbocycles. The third-order valence-electron chi connectivity index (χ3n) is 5.46. The largest absolute Gasteiger partial charge is 0.379 e. The van der Waals surface area contributed by atoms with Crippen molar-refractivity contribution in [2.45, 2.75) is 12.5 Å². The van der Waals surface area contributed by atoms with Crippen molar-refractivity contribution in [2.75, 3.05) is 46.4 Å². The number of fused-ring (bicyclic) bond motifs is 1. The Balaban J connectivity index is 0.00000272. The van der Waals surface area contributed by atoms with Crippen molar-refractivity contribution in [1.82, 2.24) is 20.5 Å². The molecule has 3 N–H and O–H groups in total. The fourth-order valence-corrected chi connectivity index (χ4v) is 4.73. The van der Waals surface area contributed by atoms with Crippen LogP contribution >= 0.6 is 35.3 Å². The maximum atomic E-state index is 13.6. The lowest BCUT2D eigenvalue weighted by atomic mass is 10.1. The van der Waals surface area contributed by atoms with Crippen molar-refractivity contribution >= 4 is 52.2 Å². The first kappa shape index (κ1) is 24.0. The van der Waals surface area contributed by atoms with Gasteiger partial charge in [0.1, 0.15) is 5.82 Å². The summed E-state index contributed by atoms with van der Waals surface area (Å²) in [5, 5.41) is 9.92. The molecule has 0 bridgehead atoms. The molecule has 1 unspecified atom stereocenters. The molecule has 1 aliphatic heterocycles. The van der Waals surface area contributed by atoms with Crippen molar-refractivity contribution < 1.29 is 9.13 Å². The Morgan fingerprint density at radius 3 is 2.87 bits per heavy atom. The number of hydrogen-bond acceptors (Lipinski definition) is 4. The van der Waals surface area contributed by atoms with Gasteiger partial charge in [0, 0.05) is 55.2 Å². The third-order valence-corrected chi connectivity index (χ3v) is 6.43. The number of aromatic amines is 1. The molecule has 1 saturated heterocycles. The lowest BCUT2D eigenvalue weighted by molar-refractivity contribution is 0.0177. The van der Waals surface area contributed by atoms with Crippen LogP contribution in [0.5, 0.6) is 0 Å². The van der Waals surface area contributed by atoms with Crippen molar-refractivity contribution in [3.63, 3.8) is 0 Å². The fourth-order valence-electron chi connectivity index (χ4n) is 3.87. The summed E-state index contributed by atoms with van der Waals surface area (Å²) in [4.78, 5) is 11.4. The minimum atomic E-state index is -0.212. The van der Waals surface area contributed by atoms with E-state index in [-0.39, 0.29) is 29.8 Å². The van der Waals surface area contributed by atoms with Gasteiger partial charge in [-0.3, -0.25) is 9.89 Å². The Bertz CT molecular complexity index is 972. The number of thiophene rings is 1. The number of nitrogens with one attached hydrogen (secondary N) is 3. The topological polar surface area (TPSA) is 64.7 Å². The van der Waals surface area contributed by atoms with E-state index in [1.54, 1.807) is 30.5 Å². The fraction of sp³-hybridized carbons (Fsp3) is 0.409. The summed E-state index contributed by atoms with van der Waals surface area (Å²) in [6.07, 6.45) is 2.73. The van der Waals surface area contributed by atoms with Gasteiger partial charge in [0.05, 0.1) is 19.3 Å². The van der Waals surface area contributed by atoms with Crippen LogP contribution in [0.25, 0.3) is 10.9 Å². The van der Waals surface area contributed by atoms with E-state index in [0.29, 0.717) is 12.6 Å². The first-order valence-electron chi connectivity index (χ1n) is 10.3. The molecule has 0 spiro atoms. The molecule has 1 atom stereocenters. The molecule has 0 amide bonds. The summed E-state index contributed by atoms with van der Waals surface area (Å²) in [5.41, 5.74) is 2.05. The molecular formula is C22H29FIN5OS. The van der Waals surface area contributed by atoms with Crippen molar-refractivity contribution in [1.29, 1.82) is 0 Å². The maximum absolute atomic E-state index is 13.6. The number of morpholine rings is 1. The SMILES string of the molecule is CN=C(NCCc1c[nH]c2ccc(F)cc12)NCC(c1cccs1)N1CCOCC1.I. The first-order valence-corrected chi connectivity index (χ1v) is 11.2. The van der Waals surface area contributed by atoms with Crippen LogP contribution in [0.1, 0.15) is 16.5 Å². The second-order valence-electron chi connectivity index (χ2n) is 7.31. The zero-order chi connectivity index (χ0) is 20.8. The number of hydrogen-bond donors (Lipinski definition) is 3. The first-order chi connectivity index (χ1) is 14.7. The van der Waals surface area contributed by atoms with E-state index in [2.05, 4.69) is 43.0 Å². The molecule has 1 aliphatic rings. The number of guanidine groups is 1.